The molecule has 2 heterocycles. The zero-order chi connectivity index (χ0) is 17.3. The van der Waals surface area contributed by atoms with E-state index in [1.807, 2.05) is 36.5 Å². The molecule has 1 atom stereocenters. The van der Waals surface area contributed by atoms with Gasteiger partial charge in [0.05, 0.1) is 25.5 Å². The average molecular weight is 338 g/mol. The number of piperidine rings is 1. The Morgan fingerprint density at radius 3 is 2.84 bits per heavy atom. The van der Waals surface area contributed by atoms with E-state index in [2.05, 4.69) is 34.2 Å². The van der Waals surface area contributed by atoms with Crippen LogP contribution in [0, 0.1) is 0 Å². The minimum Gasteiger partial charge on any atom is -0.497 e. The molecule has 1 aliphatic rings. The highest BCUT2D eigenvalue weighted by atomic mass is 16.5. The monoisotopic (exact) mass is 338 g/mol. The van der Waals surface area contributed by atoms with Gasteiger partial charge in [-0.3, -0.25) is 9.88 Å². The highest BCUT2D eigenvalue weighted by Gasteiger charge is 2.19. The van der Waals surface area contributed by atoms with Gasteiger partial charge in [-0.2, -0.15) is 0 Å². The Hall–Kier alpha value is -2.17. The zero-order valence-electron chi connectivity index (χ0n) is 14.8. The molecule has 0 unspecified atom stereocenters. The summed E-state index contributed by atoms with van der Waals surface area (Å²) >= 11 is 0. The first-order chi connectivity index (χ1) is 12.3. The minimum atomic E-state index is 0.296. The van der Waals surface area contributed by atoms with Crippen molar-refractivity contribution in [1.29, 1.82) is 0 Å². The second-order valence-electron chi connectivity index (χ2n) is 6.33. The van der Waals surface area contributed by atoms with E-state index in [-0.39, 0.29) is 0 Å². The summed E-state index contributed by atoms with van der Waals surface area (Å²) in [5, 5.41) is 0. The van der Waals surface area contributed by atoms with Crippen LogP contribution in [0.25, 0.3) is 6.08 Å². The Balaban J connectivity index is 1.43. The fourth-order valence-corrected chi connectivity index (χ4v) is 3.05. The fourth-order valence-electron chi connectivity index (χ4n) is 3.05. The van der Waals surface area contributed by atoms with E-state index in [1.54, 1.807) is 7.11 Å². The van der Waals surface area contributed by atoms with Crippen LogP contribution in [0.4, 0.5) is 0 Å². The summed E-state index contributed by atoms with van der Waals surface area (Å²) in [4.78, 5) is 6.77. The van der Waals surface area contributed by atoms with Crippen molar-refractivity contribution >= 4 is 6.08 Å². The van der Waals surface area contributed by atoms with Gasteiger partial charge in [-0.15, -0.1) is 0 Å². The third-order valence-electron chi connectivity index (χ3n) is 4.45. The summed E-state index contributed by atoms with van der Waals surface area (Å²) in [6.45, 7) is 3.67. The van der Waals surface area contributed by atoms with Crippen molar-refractivity contribution < 1.29 is 9.47 Å². The summed E-state index contributed by atoms with van der Waals surface area (Å²) in [5.74, 6) is 0.890. The van der Waals surface area contributed by atoms with Gasteiger partial charge in [0.1, 0.15) is 5.75 Å². The molecule has 0 saturated carbocycles. The van der Waals surface area contributed by atoms with Crippen molar-refractivity contribution in [1.82, 2.24) is 9.88 Å². The lowest BCUT2D eigenvalue weighted by Crippen LogP contribution is -2.39. The predicted octanol–water partition coefficient (Wildman–Crippen LogP) is 3.78. The molecule has 1 fully saturated rings. The van der Waals surface area contributed by atoms with Crippen LogP contribution in [0.1, 0.15) is 24.1 Å². The van der Waals surface area contributed by atoms with Gasteiger partial charge >= 0.3 is 0 Å². The van der Waals surface area contributed by atoms with Crippen molar-refractivity contribution in [3.05, 3.63) is 66.0 Å². The van der Waals surface area contributed by atoms with E-state index in [1.165, 1.54) is 12.0 Å². The Kier molecular flexibility index (Phi) is 6.60. The molecule has 1 aromatic carbocycles. The molecule has 0 radical (unpaired) electrons. The number of hydrogen-bond acceptors (Lipinski definition) is 4. The van der Waals surface area contributed by atoms with E-state index in [9.17, 15) is 0 Å². The summed E-state index contributed by atoms with van der Waals surface area (Å²) < 4.78 is 11.2. The zero-order valence-corrected chi connectivity index (χ0v) is 14.8. The Morgan fingerprint density at radius 2 is 2.08 bits per heavy atom. The Morgan fingerprint density at radius 1 is 1.20 bits per heavy atom. The molecule has 0 spiro atoms. The molecule has 0 N–H and O–H groups in total. The molecular weight excluding hydrogens is 312 g/mol. The van der Waals surface area contributed by atoms with Crippen LogP contribution >= 0.6 is 0 Å². The normalized spacial score (nSPS) is 18.5. The smallest absolute Gasteiger partial charge is 0.118 e. The predicted molar refractivity (Wildman–Crippen MR) is 101 cm³/mol. The molecule has 0 bridgehead atoms. The SMILES string of the molecule is COc1ccc(/C=C/CN2CCC[C@H](OCc3ccccn3)C2)cc1. The van der Waals surface area contributed by atoms with Gasteiger partial charge in [-0.25, -0.2) is 0 Å². The second-order valence-corrected chi connectivity index (χ2v) is 6.33. The van der Waals surface area contributed by atoms with Crippen LogP contribution in [-0.4, -0.2) is 42.7 Å². The molecule has 1 saturated heterocycles. The van der Waals surface area contributed by atoms with Crippen molar-refractivity contribution in [2.75, 3.05) is 26.7 Å². The van der Waals surface area contributed by atoms with Crippen LogP contribution < -0.4 is 4.74 Å². The summed E-state index contributed by atoms with van der Waals surface area (Å²) in [6, 6.07) is 14.1. The lowest BCUT2D eigenvalue weighted by molar-refractivity contribution is -0.00834. The van der Waals surface area contributed by atoms with Gasteiger partial charge < -0.3 is 9.47 Å². The number of nitrogens with zero attached hydrogens (tertiary/aromatic N) is 2. The average Bonchev–Trinajstić information content (AvgIpc) is 2.68. The lowest BCUT2D eigenvalue weighted by Gasteiger charge is -2.31. The first kappa shape index (κ1) is 17.6. The van der Waals surface area contributed by atoms with Gasteiger partial charge in [0.2, 0.25) is 0 Å². The minimum absolute atomic E-state index is 0.296. The third kappa shape index (κ3) is 5.69. The highest BCUT2D eigenvalue weighted by molar-refractivity contribution is 5.50. The van der Waals surface area contributed by atoms with Crippen LogP contribution in [-0.2, 0) is 11.3 Å². The summed E-state index contributed by atoms with van der Waals surface area (Å²) in [7, 11) is 1.69. The molecule has 0 aliphatic carbocycles. The van der Waals surface area contributed by atoms with Crippen LogP contribution in [0.15, 0.2) is 54.7 Å². The lowest BCUT2D eigenvalue weighted by atomic mass is 10.1. The number of likely N-dealkylation sites (tertiary alicyclic amines) is 1. The van der Waals surface area contributed by atoms with Gasteiger partial charge in [0, 0.05) is 19.3 Å². The molecular formula is C21H26N2O2. The second kappa shape index (κ2) is 9.35. The number of hydrogen-bond donors (Lipinski definition) is 0. The van der Waals surface area contributed by atoms with Gasteiger partial charge in [0.25, 0.3) is 0 Å². The van der Waals surface area contributed by atoms with E-state index in [4.69, 9.17) is 9.47 Å². The number of pyridine rings is 1. The topological polar surface area (TPSA) is 34.6 Å². The van der Waals surface area contributed by atoms with Crippen LogP contribution in [0.2, 0.25) is 0 Å². The standard InChI is InChI=1S/C21H26N2O2/c1-24-20-11-9-18(10-12-20)6-4-14-23-15-5-8-21(16-23)25-17-19-7-2-3-13-22-19/h2-4,6-7,9-13,21H,5,8,14-17H2,1H3/b6-4+/t21-/m0/s1. The van der Waals surface area contributed by atoms with E-state index >= 15 is 0 Å². The molecule has 1 aliphatic heterocycles. The van der Waals surface area contributed by atoms with E-state index < -0.39 is 0 Å². The Bertz CT molecular complexity index is 655. The van der Waals surface area contributed by atoms with E-state index in [0.29, 0.717) is 12.7 Å². The maximum Gasteiger partial charge on any atom is 0.118 e. The maximum absolute atomic E-state index is 6.05. The molecule has 25 heavy (non-hydrogen) atoms. The van der Waals surface area contributed by atoms with Crippen molar-refractivity contribution in [2.24, 2.45) is 0 Å². The number of methoxy groups -OCH3 is 1. The molecule has 4 nitrogen and oxygen atoms in total. The quantitative estimate of drug-likeness (QED) is 0.769. The van der Waals surface area contributed by atoms with Gasteiger partial charge in [0.15, 0.2) is 0 Å². The van der Waals surface area contributed by atoms with Gasteiger partial charge in [-0.1, -0.05) is 30.4 Å². The molecule has 4 heteroatoms. The largest absolute Gasteiger partial charge is 0.497 e. The van der Waals surface area contributed by atoms with E-state index in [0.717, 1.165) is 37.5 Å². The molecule has 132 valence electrons. The third-order valence-corrected chi connectivity index (χ3v) is 4.45. The highest BCUT2D eigenvalue weighted by Crippen LogP contribution is 2.16. The maximum atomic E-state index is 6.05. The van der Waals surface area contributed by atoms with Crippen LogP contribution in [0.3, 0.4) is 0 Å². The molecule has 2 aromatic rings. The van der Waals surface area contributed by atoms with Crippen LogP contribution in [0.5, 0.6) is 5.75 Å². The molecule has 1 aromatic heterocycles. The Labute approximate surface area is 150 Å². The number of rotatable bonds is 7. The van der Waals surface area contributed by atoms with Crippen molar-refractivity contribution in [3.8, 4) is 5.75 Å². The number of ether oxygens (including phenoxy) is 2. The number of benzene rings is 1. The fraction of sp³-hybridized carbons (Fsp3) is 0.381. The van der Waals surface area contributed by atoms with Crippen molar-refractivity contribution in [3.63, 3.8) is 0 Å². The number of aromatic nitrogens is 1. The first-order valence-corrected chi connectivity index (χ1v) is 8.88. The van der Waals surface area contributed by atoms with Crippen molar-refractivity contribution in [2.45, 2.75) is 25.6 Å². The summed E-state index contributed by atoms with van der Waals surface area (Å²) in [5.41, 5.74) is 2.19. The summed E-state index contributed by atoms with van der Waals surface area (Å²) in [6.07, 6.45) is 8.82. The molecule has 0 amide bonds. The van der Waals surface area contributed by atoms with Gasteiger partial charge in [-0.05, 0) is 49.2 Å². The first-order valence-electron chi connectivity index (χ1n) is 8.88. The molecule has 3 rings (SSSR count).